The summed E-state index contributed by atoms with van der Waals surface area (Å²) in [5.74, 6) is -0.140. The molecule has 1 amide bonds. The van der Waals surface area contributed by atoms with Crippen molar-refractivity contribution in [2.75, 3.05) is 5.32 Å². The van der Waals surface area contributed by atoms with Gasteiger partial charge in [0.05, 0.1) is 4.88 Å². The standard InChI is InChI=1S/C20H13N3O3S/c24-17(13-5-2-1-3-6-13)14-8-10-15(11-9-14)18(25)21-20-23-22-19(26-20)16-7-4-12-27-16/h1-12H,(H,21,23,25). The SMILES string of the molecule is O=C(Nc1nnc(-c2cccs2)o1)c1ccc(C(=O)c2ccccc2)cc1. The van der Waals surface area contributed by atoms with Crippen molar-refractivity contribution >= 4 is 29.0 Å². The van der Waals surface area contributed by atoms with E-state index in [0.717, 1.165) is 4.88 Å². The molecule has 0 saturated heterocycles. The Kier molecular flexibility index (Phi) is 4.59. The number of anilines is 1. The lowest BCUT2D eigenvalue weighted by atomic mass is 10.0. The Balaban J connectivity index is 1.46. The van der Waals surface area contributed by atoms with E-state index in [4.69, 9.17) is 4.42 Å². The molecule has 0 unspecified atom stereocenters. The summed E-state index contributed by atoms with van der Waals surface area (Å²) in [6.07, 6.45) is 0. The molecule has 1 N–H and O–H groups in total. The number of thiophene rings is 1. The molecule has 2 aromatic heterocycles. The number of nitrogens with one attached hydrogen (secondary N) is 1. The molecule has 0 spiro atoms. The van der Waals surface area contributed by atoms with Crippen LogP contribution < -0.4 is 5.32 Å². The minimum Gasteiger partial charge on any atom is -0.402 e. The number of amides is 1. The number of carbonyl (C=O) groups excluding carboxylic acids is 2. The number of carbonyl (C=O) groups is 2. The van der Waals surface area contributed by atoms with Gasteiger partial charge in [-0.15, -0.1) is 16.4 Å². The van der Waals surface area contributed by atoms with Gasteiger partial charge >= 0.3 is 6.01 Å². The summed E-state index contributed by atoms with van der Waals surface area (Å²) in [6, 6.07) is 19.1. The molecule has 4 aromatic rings. The summed E-state index contributed by atoms with van der Waals surface area (Å²) >= 11 is 1.47. The molecule has 27 heavy (non-hydrogen) atoms. The number of rotatable bonds is 5. The summed E-state index contributed by atoms with van der Waals surface area (Å²) in [6.45, 7) is 0. The third-order valence-corrected chi connectivity index (χ3v) is 4.68. The minimum atomic E-state index is -0.393. The van der Waals surface area contributed by atoms with E-state index < -0.39 is 5.91 Å². The van der Waals surface area contributed by atoms with Crippen molar-refractivity contribution in [2.24, 2.45) is 0 Å². The van der Waals surface area contributed by atoms with Crippen molar-refractivity contribution in [3.63, 3.8) is 0 Å². The molecule has 7 heteroatoms. The molecule has 4 rings (SSSR count). The van der Waals surface area contributed by atoms with E-state index in [1.54, 1.807) is 36.4 Å². The molecule has 0 saturated carbocycles. The van der Waals surface area contributed by atoms with E-state index in [1.807, 2.05) is 35.7 Å². The van der Waals surface area contributed by atoms with E-state index in [1.165, 1.54) is 11.3 Å². The largest absolute Gasteiger partial charge is 0.402 e. The van der Waals surface area contributed by atoms with Crippen LogP contribution in [0, 0.1) is 0 Å². The smallest absolute Gasteiger partial charge is 0.322 e. The fraction of sp³-hybridized carbons (Fsp3) is 0. The van der Waals surface area contributed by atoms with Crippen LogP contribution in [0.15, 0.2) is 76.5 Å². The normalized spacial score (nSPS) is 10.5. The Morgan fingerprint density at radius 3 is 2.22 bits per heavy atom. The van der Waals surface area contributed by atoms with Gasteiger partial charge in [0.1, 0.15) is 0 Å². The molecule has 0 bridgehead atoms. The Hall–Kier alpha value is -3.58. The molecule has 2 heterocycles. The second kappa shape index (κ2) is 7.35. The van der Waals surface area contributed by atoms with Gasteiger partial charge < -0.3 is 4.42 Å². The van der Waals surface area contributed by atoms with E-state index in [2.05, 4.69) is 15.5 Å². The molecule has 6 nitrogen and oxygen atoms in total. The summed E-state index contributed by atoms with van der Waals surface area (Å²) in [4.78, 5) is 25.6. The molecule has 0 aliphatic heterocycles. The highest BCUT2D eigenvalue weighted by Gasteiger charge is 2.14. The summed E-state index contributed by atoms with van der Waals surface area (Å²) in [7, 11) is 0. The maximum Gasteiger partial charge on any atom is 0.322 e. The highest BCUT2D eigenvalue weighted by molar-refractivity contribution is 7.13. The van der Waals surface area contributed by atoms with Crippen LogP contribution in [-0.4, -0.2) is 21.9 Å². The zero-order valence-electron chi connectivity index (χ0n) is 14.0. The zero-order valence-corrected chi connectivity index (χ0v) is 14.8. The molecule has 0 aliphatic rings. The lowest BCUT2D eigenvalue weighted by molar-refractivity contribution is 0.101. The lowest BCUT2D eigenvalue weighted by Crippen LogP contribution is -2.12. The quantitative estimate of drug-likeness (QED) is 0.526. The van der Waals surface area contributed by atoms with Crippen LogP contribution in [0.3, 0.4) is 0 Å². The fourth-order valence-electron chi connectivity index (χ4n) is 2.47. The third kappa shape index (κ3) is 3.68. The van der Waals surface area contributed by atoms with E-state index in [9.17, 15) is 9.59 Å². The van der Waals surface area contributed by atoms with Gasteiger partial charge in [-0.25, -0.2) is 0 Å². The van der Waals surface area contributed by atoms with Gasteiger partial charge in [0, 0.05) is 16.7 Å². The van der Waals surface area contributed by atoms with Crippen LogP contribution in [-0.2, 0) is 0 Å². The topological polar surface area (TPSA) is 85.1 Å². The predicted molar refractivity (Wildman–Crippen MR) is 102 cm³/mol. The Bertz CT molecular complexity index is 1070. The number of ketones is 1. The first kappa shape index (κ1) is 16.9. The van der Waals surface area contributed by atoms with Crippen LogP contribution >= 0.6 is 11.3 Å². The highest BCUT2D eigenvalue weighted by Crippen LogP contribution is 2.24. The summed E-state index contributed by atoms with van der Waals surface area (Å²) in [5.41, 5.74) is 1.49. The van der Waals surface area contributed by atoms with Gasteiger partial charge in [-0.1, -0.05) is 53.6 Å². The predicted octanol–water partition coefficient (Wildman–Crippen LogP) is 4.28. The van der Waals surface area contributed by atoms with Crippen LogP contribution in [0.4, 0.5) is 6.01 Å². The second-order valence-electron chi connectivity index (χ2n) is 5.62. The first-order chi connectivity index (χ1) is 13.2. The number of hydrogen-bond acceptors (Lipinski definition) is 6. The van der Waals surface area contributed by atoms with Gasteiger partial charge in [0.15, 0.2) is 5.78 Å². The molecule has 0 fully saturated rings. The number of nitrogens with zero attached hydrogens (tertiary/aromatic N) is 2. The molecular weight excluding hydrogens is 362 g/mol. The average molecular weight is 375 g/mol. The van der Waals surface area contributed by atoms with Crippen LogP contribution in [0.1, 0.15) is 26.3 Å². The van der Waals surface area contributed by atoms with Crippen molar-refractivity contribution in [3.8, 4) is 10.8 Å². The maximum atomic E-state index is 12.4. The van der Waals surface area contributed by atoms with Crippen molar-refractivity contribution in [2.45, 2.75) is 0 Å². The number of aromatic nitrogens is 2. The van der Waals surface area contributed by atoms with Crippen molar-refractivity contribution in [3.05, 3.63) is 88.8 Å². The lowest BCUT2D eigenvalue weighted by Gasteiger charge is -2.03. The van der Waals surface area contributed by atoms with Gasteiger partial charge in [0.25, 0.3) is 11.8 Å². The first-order valence-electron chi connectivity index (χ1n) is 8.09. The van der Waals surface area contributed by atoms with Crippen molar-refractivity contribution in [1.29, 1.82) is 0 Å². The van der Waals surface area contributed by atoms with Gasteiger partial charge in [-0.3, -0.25) is 14.9 Å². The minimum absolute atomic E-state index is 0.0211. The monoisotopic (exact) mass is 375 g/mol. The molecular formula is C20H13N3O3S. The molecule has 2 aromatic carbocycles. The molecule has 0 aliphatic carbocycles. The first-order valence-corrected chi connectivity index (χ1v) is 8.97. The fourth-order valence-corrected chi connectivity index (χ4v) is 3.12. The Labute approximate surface area is 158 Å². The number of hydrogen-bond donors (Lipinski definition) is 1. The van der Waals surface area contributed by atoms with Crippen LogP contribution in [0.5, 0.6) is 0 Å². The molecule has 0 radical (unpaired) electrons. The van der Waals surface area contributed by atoms with Gasteiger partial charge in [-0.05, 0) is 23.6 Å². The van der Waals surface area contributed by atoms with E-state index >= 15 is 0 Å². The third-order valence-electron chi connectivity index (χ3n) is 3.82. The van der Waals surface area contributed by atoms with Gasteiger partial charge in [0.2, 0.25) is 0 Å². The summed E-state index contributed by atoms with van der Waals surface area (Å²) in [5, 5.41) is 12.2. The van der Waals surface area contributed by atoms with Crippen LogP contribution in [0.2, 0.25) is 0 Å². The van der Waals surface area contributed by atoms with Gasteiger partial charge in [-0.2, -0.15) is 0 Å². The Morgan fingerprint density at radius 1 is 0.815 bits per heavy atom. The molecule has 132 valence electrons. The highest BCUT2D eigenvalue weighted by atomic mass is 32.1. The van der Waals surface area contributed by atoms with E-state index in [-0.39, 0.29) is 11.8 Å². The molecule has 0 atom stereocenters. The van der Waals surface area contributed by atoms with E-state index in [0.29, 0.717) is 22.6 Å². The summed E-state index contributed by atoms with van der Waals surface area (Å²) < 4.78 is 5.44. The second-order valence-corrected chi connectivity index (χ2v) is 6.56. The van der Waals surface area contributed by atoms with Crippen molar-refractivity contribution in [1.82, 2.24) is 10.2 Å². The number of benzene rings is 2. The van der Waals surface area contributed by atoms with Crippen LogP contribution in [0.25, 0.3) is 10.8 Å². The van der Waals surface area contributed by atoms with Crippen molar-refractivity contribution < 1.29 is 14.0 Å². The zero-order chi connectivity index (χ0) is 18.6. The maximum absolute atomic E-state index is 12.4. The average Bonchev–Trinajstić information content (AvgIpc) is 3.40. The Morgan fingerprint density at radius 2 is 1.52 bits per heavy atom.